The van der Waals surface area contributed by atoms with Gasteiger partial charge in [-0.1, -0.05) is 24.3 Å². The Kier molecular flexibility index (Phi) is 4.56. The highest BCUT2D eigenvalue weighted by Crippen LogP contribution is 2.43. The number of fused-ring (bicyclic) bond motifs is 2. The lowest BCUT2D eigenvalue weighted by Crippen LogP contribution is -2.15. The molecule has 1 aliphatic heterocycles. The van der Waals surface area contributed by atoms with E-state index in [-0.39, 0.29) is 5.69 Å². The van der Waals surface area contributed by atoms with Gasteiger partial charge in [-0.15, -0.1) is 11.3 Å². The zero-order valence-electron chi connectivity index (χ0n) is 16.3. The van der Waals surface area contributed by atoms with Crippen LogP contribution < -0.4 is 4.74 Å². The van der Waals surface area contributed by atoms with Crippen LogP contribution in [0.4, 0.5) is 0 Å². The highest BCUT2D eigenvalue weighted by atomic mass is 32.1. The molecule has 0 spiro atoms. The van der Waals surface area contributed by atoms with Crippen LogP contribution in [0.2, 0.25) is 0 Å². The number of aromatic nitrogens is 2. The number of carbonyl (C=O) groups is 1. The normalized spacial score (nSPS) is 14.3. The summed E-state index contributed by atoms with van der Waals surface area (Å²) in [6.45, 7) is 0.703. The Labute approximate surface area is 177 Å². The highest BCUT2D eigenvalue weighted by Gasteiger charge is 2.30. The van der Waals surface area contributed by atoms with Gasteiger partial charge in [0.2, 0.25) is 0 Å². The minimum Gasteiger partial charge on any atom is -0.493 e. The van der Waals surface area contributed by atoms with Gasteiger partial charge in [0.05, 0.1) is 12.3 Å². The summed E-state index contributed by atoms with van der Waals surface area (Å²) in [5, 5.41) is 27.8. The SMILES string of the molecule is Cn1nc(-c2csc3ccccc23)c(-c2ccc3c(c2)CCCO3)c1C(O)C(=O)O. The number of hydrogen-bond donors (Lipinski definition) is 2. The van der Waals surface area contributed by atoms with Crippen LogP contribution in [0.5, 0.6) is 5.75 Å². The molecule has 3 heterocycles. The minimum atomic E-state index is -1.68. The van der Waals surface area contributed by atoms with Gasteiger partial charge < -0.3 is 14.9 Å². The van der Waals surface area contributed by atoms with Crippen molar-refractivity contribution in [2.45, 2.75) is 18.9 Å². The first-order chi connectivity index (χ1) is 14.5. The van der Waals surface area contributed by atoms with E-state index < -0.39 is 12.1 Å². The van der Waals surface area contributed by atoms with Crippen molar-refractivity contribution in [2.75, 3.05) is 6.61 Å². The van der Waals surface area contributed by atoms with Crippen LogP contribution in [0.15, 0.2) is 47.8 Å². The second-order valence-electron chi connectivity index (χ2n) is 7.39. The van der Waals surface area contributed by atoms with Crippen LogP contribution in [-0.2, 0) is 18.3 Å². The van der Waals surface area contributed by atoms with Crippen molar-refractivity contribution >= 4 is 27.4 Å². The molecule has 0 fully saturated rings. The van der Waals surface area contributed by atoms with Gasteiger partial charge in [-0.25, -0.2) is 4.79 Å². The van der Waals surface area contributed by atoms with Gasteiger partial charge in [0.25, 0.3) is 0 Å². The van der Waals surface area contributed by atoms with Crippen LogP contribution in [-0.4, -0.2) is 32.6 Å². The lowest BCUT2D eigenvalue weighted by Gasteiger charge is -2.18. The number of benzene rings is 2. The molecule has 0 saturated carbocycles. The molecule has 0 saturated heterocycles. The summed E-state index contributed by atoms with van der Waals surface area (Å²) in [4.78, 5) is 11.7. The number of rotatable bonds is 4. The van der Waals surface area contributed by atoms with Crippen LogP contribution in [0, 0.1) is 0 Å². The third-order valence-electron chi connectivity index (χ3n) is 5.52. The molecule has 0 bridgehead atoms. The Morgan fingerprint density at radius 1 is 1.27 bits per heavy atom. The summed E-state index contributed by atoms with van der Waals surface area (Å²) in [5.74, 6) is -0.445. The number of aliphatic hydroxyl groups excluding tert-OH is 1. The second kappa shape index (κ2) is 7.27. The Morgan fingerprint density at radius 3 is 2.93 bits per heavy atom. The molecule has 5 rings (SSSR count). The number of nitrogens with zero attached hydrogens (tertiary/aromatic N) is 2. The molecule has 0 amide bonds. The molecule has 7 heteroatoms. The molecule has 4 aromatic rings. The van der Waals surface area contributed by atoms with Crippen molar-refractivity contribution < 1.29 is 19.7 Å². The number of thiophene rings is 1. The second-order valence-corrected chi connectivity index (χ2v) is 8.30. The average Bonchev–Trinajstić information content (AvgIpc) is 3.33. The smallest absolute Gasteiger partial charge is 0.338 e. The maximum atomic E-state index is 11.7. The monoisotopic (exact) mass is 420 g/mol. The fraction of sp³-hybridized carbons (Fsp3) is 0.217. The van der Waals surface area contributed by atoms with E-state index in [1.807, 2.05) is 41.8 Å². The van der Waals surface area contributed by atoms with Crippen molar-refractivity contribution in [2.24, 2.45) is 7.05 Å². The topological polar surface area (TPSA) is 84.6 Å². The molecule has 2 N–H and O–H groups in total. The van der Waals surface area contributed by atoms with Crippen LogP contribution in [0.1, 0.15) is 23.8 Å². The molecule has 0 aliphatic carbocycles. The van der Waals surface area contributed by atoms with E-state index in [4.69, 9.17) is 4.74 Å². The molecule has 0 radical (unpaired) electrons. The zero-order valence-corrected chi connectivity index (χ0v) is 17.1. The number of hydrogen-bond acceptors (Lipinski definition) is 5. The molecular formula is C23H20N2O4S. The van der Waals surface area contributed by atoms with Gasteiger partial charge in [0.15, 0.2) is 6.10 Å². The van der Waals surface area contributed by atoms with Crippen molar-refractivity contribution in [1.82, 2.24) is 9.78 Å². The predicted octanol–water partition coefficient (Wildman–Crippen LogP) is 4.41. The number of aliphatic hydroxyl groups is 1. The lowest BCUT2D eigenvalue weighted by atomic mass is 9.93. The Morgan fingerprint density at radius 2 is 2.10 bits per heavy atom. The first kappa shape index (κ1) is 18.8. The predicted molar refractivity (Wildman–Crippen MR) is 116 cm³/mol. The third-order valence-corrected chi connectivity index (χ3v) is 6.48. The van der Waals surface area contributed by atoms with Gasteiger partial charge in [-0.2, -0.15) is 5.10 Å². The summed E-state index contributed by atoms with van der Waals surface area (Å²) < 4.78 is 8.34. The molecule has 30 heavy (non-hydrogen) atoms. The summed E-state index contributed by atoms with van der Waals surface area (Å²) in [6.07, 6.45) is 0.163. The Balaban J connectivity index is 1.78. The first-order valence-electron chi connectivity index (χ1n) is 9.75. The van der Waals surface area contributed by atoms with E-state index in [0.29, 0.717) is 17.9 Å². The van der Waals surface area contributed by atoms with E-state index in [2.05, 4.69) is 11.2 Å². The standard InChI is InChI=1S/C23H20N2O4S/c1-25-21(22(26)23(27)28)19(14-8-9-17-13(11-14)5-4-10-29-17)20(24-25)16-12-30-18-7-3-2-6-15(16)18/h2-3,6-9,11-12,22,26H,4-5,10H2,1H3,(H,27,28). The third kappa shape index (κ3) is 2.98. The molecule has 2 aromatic carbocycles. The molecule has 152 valence electrons. The minimum absolute atomic E-state index is 0.268. The maximum absolute atomic E-state index is 11.7. The van der Waals surface area contributed by atoms with E-state index >= 15 is 0 Å². The zero-order chi connectivity index (χ0) is 20.8. The van der Waals surface area contributed by atoms with Gasteiger partial charge in [0, 0.05) is 33.6 Å². The van der Waals surface area contributed by atoms with E-state index in [1.165, 1.54) is 4.68 Å². The first-order valence-corrected chi connectivity index (χ1v) is 10.6. The summed E-state index contributed by atoms with van der Waals surface area (Å²) in [7, 11) is 1.67. The van der Waals surface area contributed by atoms with Crippen LogP contribution in [0.25, 0.3) is 32.5 Å². The quantitative estimate of drug-likeness (QED) is 0.511. The number of carboxylic acid groups (broad SMARTS) is 1. The number of aliphatic carboxylic acids is 1. The molecule has 1 atom stereocenters. The summed E-state index contributed by atoms with van der Waals surface area (Å²) in [5.41, 5.74) is 4.42. The fourth-order valence-electron chi connectivity index (χ4n) is 4.12. The Bertz CT molecular complexity index is 1270. The van der Waals surface area contributed by atoms with Crippen molar-refractivity contribution in [1.29, 1.82) is 0 Å². The van der Waals surface area contributed by atoms with Gasteiger partial charge in [-0.05, 0) is 42.2 Å². The fourth-order valence-corrected chi connectivity index (χ4v) is 5.06. The van der Waals surface area contributed by atoms with Crippen molar-refractivity contribution in [3.05, 3.63) is 59.1 Å². The van der Waals surface area contributed by atoms with Crippen molar-refractivity contribution in [3.63, 3.8) is 0 Å². The largest absolute Gasteiger partial charge is 0.493 e. The molecular weight excluding hydrogens is 400 g/mol. The van der Waals surface area contributed by atoms with Gasteiger partial charge in [0.1, 0.15) is 11.4 Å². The number of carboxylic acids is 1. The van der Waals surface area contributed by atoms with Crippen LogP contribution >= 0.6 is 11.3 Å². The van der Waals surface area contributed by atoms with E-state index in [9.17, 15) is 15.0 Å². The van der Waals surface area contributed by atoms with Gasteiger partial charge >= 0.3 is 5.97 Å². The maximum Gasteiger partial charge on any atom is 0.338 e. The summed E-state index contributed by atoms with van der Waals surface area (Å²) in [6, 6.07) is 13.9. The Hall–Kier alpha value is -3.16. The lowest BCUT2D eigenvalue weighted by molar-refractivity contribution is -0.147. The highest BCUT2D eigenvalue weighted by molar-refractivity contribution is 7.17. The molecule has 1 aliphatic rings. The molecule has 1 unspecified atom stereocenters. The molecule has 2 aromatic heterocycles. The number of aryl methyl sites for hydroxylation is 2. The summed E-state index contributed by atoms with van der Waals surface area (Å²) >= 11 is 1.62. The number of ether oxygens (including phenoxy) is 1. The van der Waals surface area contributed by atoms with Gasteiger partial charge in [-0.3, -0.25) is 4.68 Å². The van der Waals surface area contributed by atoms with Crippen LogP contribution in [0.3, 0.4) is 0 Å². The average molecular weight is 420 g/mol. The van der Waals surface area contributed by atoms with Crippen molar-refractivity contribution in [3.8, 4) is 28.1 Å². The molecule has 6 nitrogen and oxygen atoms in total. The van der Waals surface area contributed by atoms with E-state index in [1.54, 1.807) is 18.4 Å². The van der Waals surface area contributed by atoms with E-state index in [0.717, 1.165) is 45.4 Å².